The second-order valence-corrected chi connectivity index (χ2v) is 7.51. The van der Waals surface area contributed by atoms with E-state index < -0.39 is 0 Å². The summed E-state index contributed by atoms with van der Waals surface area (Å²) in [7, 11) is 0. The molecular weight excluding hydrogens is 334 g/mol. The van der Waals surface area contributed by atoms with Crippen LogP contribution in [0.4, 0.5) is 4.79 Å². The van der Waals surface area contributed by atoms with E-state index in [1.165, 1.54) is 42.6 Å². The van der Waals surface area contributed by atoms with Gasteiger partial charge in [0.05, 0.1) is 5.56 Å². The highest BCUT2D eigenvalue weighted by Crippen LogP contribution is 2.19. The van der Waals surface area contributed by atoms with Crippen LogP contribution in [-0.2, 0) is 0 Å². The fraction of sp³-hybridized carbons (Fsp3) is 0.579. The van der Waals surface area contributed by atoms with Crippen molar-refractivity contribution in [1.82, 2.24) is 15.1 Å². The lowest BCUT2D eigenvalue weighted by Gasteiger charge is -2.22. The van der Waals surface area contributed by atoms with Crippen molar-refractivity contribution >= 4 is 23.3 Å². The number of carbonyl (C=O) groups excluding carboxylic acids is 2. The van der Waals surface area contributed by atoms with E-state index in [0.717, 1.165) is 18.4 Å². The SMILES string of the molecule is O=C(NCCC1=CCCCC1)N1CCCN(C(=O)c2ccsc2)CC1. The number of hydrogen-bond donors (Lipinski definition) is 1. The van der Waals surface area contributed by atoms with Crippen LogP contribution in [0.25, 0.3) is 0 Å². The van der Waals surface area contributed by atoms with E-state index in [-0.39, 0.29) is 11.9 Å². The van der Waals surface area contributed by atoms with Gasteiger partial charge in [0, 0.05) is 38.1 Å². The Morgan fingerprint density at radius 1 is 1.08 bits per heavy atom. The first kappa shape index (κ1) is 18.0. The van der Waals surface area contributed by atoms with Crippen LogP contribution in [0.5, 0.6) is 0 Å². The molecule has 0 spiro atoms. The Morgan fingerprint density at radius 2 is 1.92 bits per heavy atom. The van der Waals surface area contributed by atoms with Gasteiger partial charge in [-0.25, -0.2) is 4.79 Å². The van der Waals surface area contributed by atoms with Crippen LogP contribution in [0.1, 0.15) is 48.9 Å². The van der Waals surface area contributed by atoms with Gasteiger partial charge in [-0.15, -0.1) is 0 Å². The summed E-state index contributed by atoms with van der Waals surface area (Å²) in [5, 5.41) is 6.85. The normalized spacial score (nSPS) is 18.5. The summed E-state index contributed by atoms with van der Waals surface area (Å²) < 4.78 is 0. The van der Waals surface area contributed by atoms with Gasteiger partial charge in [-0.2, -0.15) is 11.3 Å². The third kappa shape index (κ3) is 5.08. The van der Waals surface area contributed by atoms with E-state index in [9.17, 15) is 9.59 Å². The number of nitrogens with zero attached hydrogens (tertiary/aromatic N) is 2. The Labute approximate surface area is 153 Å². The number of thiophene rings is 1. The molecule has 3 amide bonds. The summed E-state index contributed by atoms with van der Waals surface area (Å²) in [6.45, 7) is 3.34. The van der Waals surface area contributed by atoms with Crippen LogP contribution < -0.4 is 5.32 Å². The molecule has 5 nitrogen and oxygen atoms in total. The van der Waals surface area contributed by atoms with Crippen LogP contribution >= 0.6 is 11.3 Å². The van der Waals surface area contributed by atoms with E-state index in [2.05, 4.69) is 11.4 Å². The van der Waals surface area contributed by atoms with Crippen molar-refractivity contribution in [3.05, 3.63) is 34.0 Å². The molecule has 0 unspecified atom stereocenters. The first-order valence-electron chi connectivity index (χ1n) is 9.26. The molecule has 1 aliphatic carbocycles. The predicted octanol–water partition coefficient (Wildman–Crippen LogP) is 3.50. The number of hydrogen-bond acceptors (Lipinski definition) is 3. The molecule has 1 saturated heterocycles. The Balaban J connectivity index is 1.43. The Kier molecular flexibility index (Phi) is 6.50. The first-order valence-corrected chi connectivity index (χ1v) is 10.2. The number of carbonyl (C=O) groups is 2. The van der Waals surface area contributed by atoms with E-state index in [4.69, 9.17) is 0 Å². The van der Waals surface area contributed by atoms with Gasteiger partial charge >= 0.3 is 6.03 Å². The van der Waals surface area contributed by atoms with Gasteiger partial charge in [0.1, 0.15) is 0 Å². The third-order valence-corrected chi connectivity index (χ3v) is 5.63. The van der Waals surface area contributed by atoms with Gasteiger partial charge < -0.3 is 15.1 Å². The fourth-order valence-corrected chi connectivity index (χ4v) is 4.10. The zero-order valence-corrected chi connectivity index (χ0v) is 15.5. The lowest BCUT2D eigenvalue weighted by atomic mass is 9.97. The number of amides is 3. The monoisotopic (exact) mass is 361 g/mol. The highest BCUT2D eigenvalue weighted by Gasteiger charge is 2.22. The molecule has 25 heavy (non-hydrogen) atoms. The van der Waals surface area contributed by atoms with Gasteiger partial charge in [0.2, 0.25) is 0 Å². The molecule has 0 bridgehead atoms. The fourth-order valence-electron chi connectivity index (χ4n) is 3.47. The van der Waals surface area contributed by atoms with Crippen LogP contribution in [0, 0.1) is 0 Å². The van der Waals surface area contributed by atoms with Crippen LogP contribution in [-0.4, -0.2) is 54.5 Å². The maximum absolute atomic E-state index is 12.4. The van der Waals surface area contributed by atoms with E-state index in [1.54, 1.807) is 0 Å². The lowest BCUT2D eigenvalue weighted by molar-refractivity contribution is 0.0763. The Hall–Kier alpha value is -1.82. The third-order valence-electron chi connectivity index (χ3n) is 4.95. The van der Waals surface area contributed by atoms with Crippen molar-refractivity contribution in [1.29, 1.82) is 0 Å². The summed E-state index contributed by atoms with van der Waals surface area (Å²) in [6, 6.07) is 1.86. The van der Waals surface area contributed by atoms with Gasteiger partial charge in [0.25, 0.3) is 5.91 Å². The summed E-state index contributed by atoms with van der Waals surface area (Å²) >= 11 is 1.54. The molecule has 6 heteroatoms. The number of urea groups is 1. The van der Waals surface area contributed by atoms with Crippen LogP contribution in [0.2, 0.25) is 0 Å². The molecule has 1 aromatic heterocycles. The maximum atomic E-state index is 12.4. The Morgan fingerprint density at radius 3 is 2.68 bits per heavy atom. The molecule has 2 heterocycles. The average molecular weight is 362 g/mol. The molecule has 136 valence electrons. The van der Waals surface area contributed by atoms with Gasteiger partial charge in [0.15, 0.2) is 0 Å². The van der Waals surface area contributed by atoms with Gasteiger partial charge in [-0.05, 0) is 50.0 Å². The topological polar surface area (TPSA) is 52.7 Å². The largest absolute Gasteiger partial charge is 0.338 e. The van der Waals surface area contributed by atoms with Crippen molar-refractivity contribution < 1.29 is 9.59 Å². The second-order valence-electron chi connectivity index (χ2n) is 6.73. The first-order chi connectivity index (χ1) is 12.2. The van der Waals surface area contributed by atoms with Crippen LogP contribution in [0.15, 0.2) is 28.5 Å². The minimum absolute atomic E-state index is 0.00115. The van der Waals surface area contributed by atoms with E-state index in [1.807, 2.05) is 26.6 Å². The molecule has 1 fully saturated rings. The zero-order chi connectivity index (χ0) is 17.5. The molecule has 0 aromatic carbocycles. The Bertz CT molecular complexity index is 612. The second kappa shape index (κ2) is 9.04. The van der Waals surface area contributed by atoms with Crippen molar-refractivity contribution in [3.8, 4) is 0 Å². The maximum Gasteiger partial charge on any atom is 0.317 e. The smallest absolute Gasteiger partial charge is 0.317 e. The minimum atomic E-state index is 0.00115. The molecule has 0 saturated carbocycles. The molecule has 0 atom stereocenters. The van der Waals surface area contributed by atoms with Crippen molar-refractivity contribution in [2.45, 2.75) is 38.5 Å². The van der Waals surface area contributed by atoms with Gasteiger partial charge in [-0.3, -0.25) is 4.79 Å². The summed E-state index contributed by atoms with van der Waals surface area (Å²) in [5.41, 5.74) is 2.23. The molecule has 1 N–H and O–H groups in total. The minimum Gasteiger partial charge on any atom is -0.338 e. The molecule has 3 rings (SSSR count). The zero-order valence-electron chi connectivity index (χ0n) is 14.7. The highest BCUT2D eigenvalue weighted by molar-refractivity contribution is 7.08. The number of rotatable bonds is 4. The summed E-state index contributed by atoms with van der Waals surface area (Å²) in [6.07, 6.45) is 9.05. The molecule has 1 aliphatic heterocycles. The van der Waals surface area contributed by atoms with Gasteiger partial charge in [-0.1, -0.05) is 11.6 Å². The van der Waals surface area contributed by atoms with Crippen molar-refractivity contribution in [2.24, 2.45) is 0 Å². The number of allylic oxidation sites excluding steroid dienone is 1. The molecule has 1 aromatic rings. The van der Waals surface area contributed by atoms with Crippen LogP contribution in [0.3, 0.4) is 0 Å². The van der Waals surface area contributed by atoms with Crippen molar-refractivity contribution in [2.75, 3.05) is 32.7 Å². The quantitative estimate of drug-likeness (QED) is 0.835. The standard InChI is InChI=1S/C19H27N3O2S/c23-18(17-8-14-25-15-17)21-10-4-11-22(13-12-21)19(24)20-9-7-16-5-2-1-3-6-16/h5,8,14-15H,1-4,6-7,9-13H2,(H,20,24). The lowest BCUT2D eigenvalue weighted by Crippen LogP contribution is -2.43. The summed E-state index contributed by atoms with van der Waals surface area (Å²) in [4.78, 5) is 28.5. The highest BCUT2D eigenvalue weighted by atomic mass is 32.1. The molecule has 0 radical (unpaired) electrons. The molecule has 2 aliphatic rings. The predicted molar refractivity (Wildman–Crippen MR) is 101 cm³/mol. The number of nitrogens with one attached hydrogen (secondary N) is 1. The van der Waals surface area contributed by atoms with E-state index in [0.29, 0.717) is 32.7 Å². The van der Waals surface area contributed by atoms with E-state index >= 15 is 0 Å². The van der Waals surface area contributed by atoms with Crippen molar-refractivity contribution in [3.63, 3.8) is 0 Å². The molecular formula is C19H27N3O2S. The average Bonchev–Trinajstić information content (AvgIpc) is 3.06. The summed E-state index contributed by atoms with van der Waals surface area (Å²) in [5.74, 6) is 0.0766.